The highest BCUT2D eigenvalue weighted by atomic mass is 79.9. The first-order valence-electron chi connectivity index (χ1n) is 6.96. The monoisotopic (exact) mass is 361 g/mol. The fourth-order valence-corrected chi connectivity index (χ4v) is 3.74. The maximum Gasteiger partial charge on any atom is 0.174 e. The molecule has 0 aliphatic heterocycles. The molecule has 0 atom stereocenters. The van der Waals surface area contributed by atoms with Crippen LogP contribution in [-0.4, -0.2) is 14.6 Å². The minimum atomic E-state index is -0.0640. The Morgan fingerprint density at radius 3 is 2.57 bits per heavy atom. The Morgan fingerprint density at radius 2 is 1.95 bits per heavy atom. The fraction of sp³-hybridized carbons (Fsp3) is 0.250. The normalized spacial score (nSPS) is 16.9. The molecule has 1 aliphatic carbocycles. The third kappa shape index (κ3) is 1.93. The van der Waals surface area contributed by atoms with Gasteiger partial charge in [0, 0.05) is 22.3 Å². The summed E-state index contributed by atoms with van der Waals surface area (Å²) in [5.41, 5.74) is 2.90. The van der Waals surface area contributed by atoms with Crippen molar-refractivity contribution in [3.8, 4) is 0 Å². The molecule has 4 rings (SSSR count). The zero-order chi connectivity index (χ0) is 14.4. The molecule has 0 N–H and O–H groups in total. The van der Waals surface area contributed by atoms with Gasteiger partial charge >= 0.3 is 0 Å². The first-order chi connectivity index (χ1) is 10.2. The average molecular weight is 363 g/mol. The van der Waals surface area contributed by atoms with E-state index in [0.29, 0.717) is 5.02 Å². The lowest BCUT2D eigenvalue weighted by Gasteiger charge is -2.41. The number of hydrogen-bond acceptors (Lipinski definition) is 2. The van der Waals surface area contributed by atoms with E-state index in [4.69, 9.17) is 16.7 Å². The van der Waals surface area contributed by atoms with E-state index in [0.717, 1.165) is 28.7 Å². The van der Waals surface area contributed by atoms with E-state index in [9.17, 15) is 0 Å². The lowest BCUT2D eigenvalue weighted by atomic mass is 9.62. The molecule has 2 aromatic heterocycles. The first kappa shape index (κ1) is 13.3. The van der Waals surface area contributed by atoms with Gasteiger partial charge in [-0.2, -0.15) is 5.10 Å². The van der Waals surface area contributed by atoms with Crippen LogP contribution < -0.4 is 0 Å². The van der Waals surface area contributed by atoms with Crippen LogP contribution >= 0.6 is 27.5 Å². The lowest BCUT2D eigenvalue weighted by molar-refractivity contribution is 0.293. The van der Waals surface area contributed by atoms with Crippen LogP contribution in [-0.2, 0) is 5.41 Å². The average Bonchev–Trinajstić information content (AvgIpc) is 2.78. The van der Waals surface area contributed by atoms with E-state index in [1.165, 1.54) is 12.0 Å². The van der Waals surface area contributed by atoms with E-state index < -0.39 is 0 Å². The van der Waals surface area contributed by atoms with Crippen molar-refractivity contribution >= 4 is 33.2 Å². The van der Waals surface area contributed by atoms with Crippen LogP contribution in [0.2, 0.25) is 5.02 Å². The summed E-state index contributed by atoms with van der Waals surface area (Å²) in [7, 11) is 0. The summed E-state index contributed by atoms with van der Waals surface area (Å²) in [6.07, 6.45) is 7.01. The second-order valence-electron chi connectivity index (χ2n) is 5.49. The number of hydrogen-bond donors (Lipinski definition) is 0. The minimum absolute atomic E-state index is 0.0640. The molecule has 5 heteroatoms. The van der Waals surface area contributed by atoms with Crippen LogP contribution in [0.25, 0.3) is 5.65 Å². The molecule has 0 radical (unpaired) electrons. The van der Waals surface area contributed by atoms with Crippen LogP contribution in [0.1, 0.15) is 30.5 Å². The molecule has 1 fully saturated rings. The van der Waals surface area contributed by atoms with Gasteiger partial charge in [0.1, 0.15) is 5.02 Å². The maximum atomic E-state index is 6.58. The number of nitrogens with zero attached hydrogens (tertiary/aromatic N) is 3. The first-order valence-corrected chi connectivity index (χ1v) is 8.13. The summed E-state index contributed by atoms with van der Waals surface area (Å²) in [6, 6.07) is 10.4. The predicted molar refractivity (Wildman–Crippen MR) is 86.8 cm³/mol. The van der Waals surface area contributed by atoms with Crippen molar-refractivity contribution in [1.82, 2.24) is 14.6 Å². The second kappa shape index (κ2) is 4.82. The van der Waals surface area contributed by atoms with Crippen LogP contribution in [0.5, 0.6) is 0 Å². The number of rotatable bonds is 2. The zero-order valence-corrected chi connectivity index (χ0v) is 13.6. The van der Waals surface area contributed by atoms with E-state index in [1.54, 1.807) is 10.7 Å². The highest BCUT2D eigenvalue weighted by Gasteiger charge is 2.44. The second-order valence-corrected chi connectivity index (χ2v) is 6.79. The Hall–Kier alpha value is -1.39. The van der Waals surface area contributed by atoms with Crippen LogP contribution in [0, 0.1) is 0 Å². The van der Waals surface area contributed by atoms with Crippen LogP contribution in [0.3, 0.4) is 0 Å². The van der Waals surface area contributed by atoms with Crippen molar-refractivity contribution < 1.29 is 0 Å². The van der Waals surface area contributed by atoms with Crippen molar-refractivity contribution in [2.24, 2.45) is 0 Å². The minimum Gasteiger partial charge on any atom is -0.236 e. The quantitative estimate of drug-likeness (QED) is 0.666. The summed E-state index contributed by atoms with van der Waals surface area (Å²) in [4.78, 5) is 4.34. The summed E-state index contributed by atoms with van der Waals surface area (Å²) in [5.74, 6) is 0. The smallest absolute Gasteiger partial charge is 0.174 e. The Labute approximate surface area is 136 Å². The van der Waals surface area contributed by atoms with Gasteiger partial charge in [-0.1, -0.05) is 46.1 Å². The largest absolute Gasteiger partial charge is 0.236 e. The highest BCUT2D eigenvalue weighted by molar-refractivity contribution is 9.10. The Morgan fingerprint density at radius 1 is 1.19 bits per heavy atom. The number of fused-ring (bicyclic) bond motifs is 1. The SMILES string of the molecule is Clc1c(C2(c3ccc(Br)cc3)CCC2)nn2cccnc12. The van der Waals surface area contributed by atoms with Gasteiger partial charge in [0.05, 0.1) is 5.69 Å². The van der Waals surface area contributed by atoms with Gasteiger partial charge in [0.15, 0.2) is 5.65 Å². The Bertz CT molecular complexity index is 806. The molecule has 0 bridgehead atoms. The molecule has 0 spiro atoms. The summed E-state index contributed by atoms with van der Waals surface area (Å²) < 4.78 is 2.86. The molecular weight excluding hydrogens is 350 g/mol. The molecule has 1 aliphatic rings. The molecule has 3 nitrogen and oxygen atoms in total. The molecule has 0 saturated heterocycles. The third-order valence-electron chi connectivity index (χ3n) is 4.40. The lowest BCUT2D eigenvalue weighted by Crippen LogP contribution is -2.36. The molecule has 21 heavy (non-hydrogen) atoms. The van der Waals surface area contributed by atoms with Gasteiger partial charge in [-0.05, 0) is 36.6 Å². The summed E-state index contributed by atoms with van der Waals surface area (Å²) in [6.45, 7) is 0. The van der Waals surface area contributed by atoms with E-state index >= 15 is 0 Å². The standard InChI is InChI=1S/C16H13BrClN3/c17-12-5-3-11(4-6-12)16(7-1-8-16)14-13(18)15-19-9-2-10-21(15)20-14/h2-6,9-10H,1,7-8H2. The van der Waals surface area contributed by atoms with Gasteiger partial charge in [0.25, 0.3) is 0 Å². The van der Waals surface area contributed by atoms with Crippen LogP contribution in [0.4, 0.5) is 0 Å². The van der Waals surface area contributed by atoms with Crippen molar-refractivity contribution in [3.63, 3.8) is 0 Å². The number of benzene rings is 1. The molecular formula is C16H13BrClN3. The van der Waals surface area contributed by atoms with Crippen molar-refractivity contribution in [3.05, 3.63) is 63.5 Å². The molecule has 1 saturated carbocycles. The van der Waals surface area contributed by atoms with E-state index in [1.807, 2.05) is 12.3 Å². The van der Waals surface area contributed by atoms with Crippen molar-refractivity contribution in [1.29, 1.82) is 0 Å². The fourth-order valence-electron chi connectivity index (χ4n) is 3.13. The summed E-state index contributed by atoms with van der Waals surface area (Å²) >= 11 is 10.1. The number of aromatic nitrogens is 3. The predicted octanol–water partition coefficient (Wildman–Crippen LogP) is 4.62. The topological polar surface area (TPSA) is 30.2 Å². The van der Waals surface area contributed by atoms with Gasteiger partial charge in [-0.15, -0.1) is 0 Å². The molecule has 106 valence electrons. The summed E-state index contributed by atoms with van der Waals surface area (Å²) in [5, 5.41) is 5.39. The zero-order valence-electron chi connectivity index (χ0n) is 11.3. The van der Waals surface area contributed by atoms with Gasteiger partial charge in [-0.25, -0.2) is 9.50 Å². The molecule has 1 aromatic carbocycles. The van der Waals surface area contributed by atoms with Gasteiger partial charge in [0.2, 0.25) is 0 Å². The van der Waals surface area contributed by atoms with Gasteiger partial charge in [-0.3, -0.25) is 0 Å². The molecule has 2 heterocycles. The highest BCUT2D eigenvalue weighted by Crippen LogP contribution is 2.51. The van der Waals surface area contributed by atoms with Gasteiger partial charge < -0.3 is 0 Å². The van der Waals surface area contributed by atoms with Crippen molar-refractivity contribution in [2.45, 2.75) is 24.7 Å². The number of halogens is 2. The van der Waals surface area contributed by atoms with Crippen molar-refractivity contribution in [2.75, 3.05) is 0 Å². The molecule has 0 amide bonds. The molecule has 3 aromatic rings. The van der Waals surface area contributed by atoms with E-state index in [-0.39, 0.29) is 5.41 Å². The Balaban J connectivity index is 1.92. The van der Waals surface area contributed by atoms with E-state index in [2.05, 4.69) is 45.2 Å². The molecule has 0 unspecified atom stereocenters. The Kier molecular flexibility index (Phi) is 3.05. The maximum absolute atomic E-state index is 6.58. The third-order valence-corrected chi connectivity index (χ3v) is 5.27. The van der Waals surface area contributed by atoms with Crippen LogP contribution in [0.15, 0.2) is 47.2 Å².